The van der Waals surface area contributed by atoms with Crippen LogP contribution < -0.4 is 10.0 Å². The molecule has 11 heteroatoms. The largest absolute Gasteiger partial charge is 0.560 e. The average molecular weight is 357 g/mol. The van der Waals surface area contributed by atoms with Crippen molar-refractivity contribution in [2.24, 2.45) is 0 Å². The first-order chi connectivity index (χ1) is 7.72. The van der Waals surface area contributed by atoms with Crippen LogP contribution in [0.15, 0.2) is 21.9 Å². The van der Waals surface area contributed by atoms with Gasteiger partial charge in [-0.25, -0.2) is 16.8 Å². The molecule has 105 valence electrons. The number of hydrogen-bond acceptors (Lipinski definition) is 5. The standard InChI is InChI=1S/C7H7ClN3O4S2.CH3.Sc/c8-4-1-5-7(2-6(4)16(9,12)13)17(14,15)11-3-10-5;;/h1-2,10-11H,3H2,(H-,9,12,13);1H3;/q2*-1;. The van der Waals surface area contributed by atoms with Gasteiger partial charge in [0.25, 0.3) is 0 Å². The van der Waals surface area contributed by atoms with Gasteiger partial charge in [0.05, 0.1) is 22.3 Å². The van der Waals surface area contributed by atoms with Gasteiger partial charge in [-0.15, -0.1) is 0 Å². The summed E-state index contributed by atoms with van der Waals surface area (Å²) in [6.45, 7) is -0.00136. The van der Waals surface area contributed by atoms with E-state index in [1.165, 1.54) is 6.07 Å². The van der Waals surface area contributed by atoms with Crippen molar-refractivity contribution in [2.75, 3.05) is 12.0 Å². The maximum absolute atomic E-state index is 11.6. The fourth-order valence-electron chi connectivity index (χ4n) is 1.41. The Labute approximate surface area is 135 Å². The molecule has 0 spiro atoms. The van der Waals surface area contributed by atoms with Crippen LogP contribution in [-0.2, 0) is 45.9 Å². The van der Waals surface area contributed by atoms with Crippen molar-refractivity contribution >= 4 is 37.3 Å². The van der Waals surface area contributed by atoms with Crippen LogP contribution in [0.4, 0.5) is 5.69 Å². The van der Waals surface area contributed by atoms with Crippen molar-refractivity contribution in [2.45, 2.75) is 9.79 Å². The molecule has 19 heavy (non-hydrogen) atoms. The third-order valence-corrected chi connectivity index (χ3v) is 4.94. The van der Waals surface area contributed by atoms with Gasteiger partial charge < -0.3 is 17.9 Å². The monoisotopic (exact) mass is 356 g/mol. The van der Waals surface area contributed by atoms with Gasteiger partial charge in [0.15, 0.2) is 0 Å². The van der Waals surface area contributed by atoms with Gasteiger partial charge in [-0.1, -0.05) is 11.6 Å². The molecule has 0 fully saturated rings. The summed E-state index contributed by atoms with van der Waals surface area (Å²) in [5, 5.41) is 9.43. The Hall–Kier alpha value is 0.000130. The second-order valence-electron chi connectivity index (χ2n) is 3.28. The summed E-state index contributed by atoms with van der Waals surface area (Å²) in [5.41, 5.74) is 0.209. The molecule has 1 aromatic rings. The Kier molecular flexibility index (Phi) is 6.19. The molecule has 1 heterocycles. The molecule has 0 saturated carbocycles. The Balaban J connectivity index is 0.00000162. The van der Waals surface area contributed by atoms with E-state index in [4.69, 9.17) is 16.7 Å². The summed E-state index contributed by atoms with van der Waals surface area (Å²) in [7, 11) is -8.08. The van der Waals surface area contributed by atoms with Crippen LogP contribution in [0.5, 0.6) is 0 Å². The van der Waals surface area contributed by atoms with Crippen LogP contribution in [0, 0.1) is 7.43 Å². The summed E-state index contributed by atoms with van der Waals surface area (Å²) in [5.74, 6) is 0. The normalized spacial score (nSPS) is 16.3. The van der Waals surface area contributed by atoms with Crippen molar-refractivity contribution in [3.05, 3.63) is 29.7 Å². The quantitative estimate of drug-likeness (QED) is 0.733. The van der Waals surface area contributed by atoms with Crippen LogP contribution in [0.1, 0.15) is 0 Å². The van der Waals surface area contributed by atoms with Crippen molar-refractivity contribution < 1.29 is 42.7 Å². The molecular formula is C8H10ClN3O4S2Sc-2. The van der Waals surface area contributed by atoms with E-state index in [0.717, 1.165) is 6.07 Å². The number of nitrogens with one attached hydrogen (secondary N) is 3. The number of benzene rings is 1. The van der Waals surface area contributed by atoms with E-state index in [0.29, 0.717) is 0 Å². The minimum atomic E-state index is -4.32. The van der Waals surface area contributed by atoms with E-state index in [2.05, 4.69) is 10.0 Å². The van der Waals surface area contributed by atoms with Crippen LogP contribution in [0.3, 0.4) is 0 Å². The van der Waals surface area contributed by atoms with Gasteiger partial charge in [0.1, 0.15) is 14.9 Å². The predicted molar refractivity (Wildman–Crippen MR) is 68.2 cm³/mol. The average Bonchev–Trinajstić information content (AvgIpc) is 2.13. The van der Waals surface area contributed by atoms with Gasteiger partial charge in [0, 0.05) is 25.8 Å². The minimum Gasteiger partial charge on any atom is -0.560 e. The number of halogens is 1. The molecule has 1 aliphatic heterocycles. The predicted octanol–water partition coefficient (Wildman–Crippen LogP) is 1.19. The Morgan fingerprint density at radius 2 is 1.89 bits per heavy atom. The second kappa shape index (κ2) is 6.19. The number of anilines is 1. The van der Waals surface area contributed by atoms with Gasteiger partial charge in [0.2, 0.25) is 10.0 Å². The summed E-state index contributed by atoms with van der Waals surface area (Å²) in [4.78, 5) is -0.772. The third kappa shape index (κ3) is 3.76. The van der Waals surface area contributed by atoms with Crippen LogP contribution in [0.2, 0.25) is 5.02 Å². The molecule has 0 atom stereocenters. The molecule has 1 radical (unpaired) electrons. The second-order valence-corrected chi connectivity index (χ2v) is 6.87. The molecule has 0 unspecified atom stereocenters. The van der Waals surface area contributed by atoms with Crippen molar-refractivity contribution in [1.82, 2.24) is 4.72 Å². The maximum Gasteiger partial charge on any atom is 0.244 e. The Bertz CT molecular complexity index is 690. The van der Waals surface area contributed by atoms with E-state index in [9.17, 15) is 16.8 Å². The zero-order chi connectivity index (χ0) is 12.8. The summed E-state index contributed by atoms with van der Waals surface area (Å²) < 4.78 is 47.6. The molecule has 0 aromatic heterocycles. The number of rotatable bonds is 1. The van der Waals surface area contributed by atoms with Gasteiger partial charge in [-0.2, -0.15) is 4.72 Å². The van der Waals surface area contributed by atoms with E-state index < -0.39 is 24.9 Å². The summed E-state index contributed by atoms with van der Waals surface area (Å²) >= 11 is 5.68. The zero-order valence-electron chi connectivity index (χ0n) is 9.77. The maximum atomic E-state index is 11.6. The van der Waals surface area contributed by atoms with E-state index in [-0.39, 0.29) is 55.5 Å². The molecule has 0 bridgehead atoms. The minimum absolute atomic E-state index is 0. The SMILES string of the molecule is [CH3-].[NH-]S(=O)(=O)c1cc2c(cc1Cl)NCNS2(=O)=O.[Sc]. The number of hydrogen-bond donors (Lipinski definition) is 2. The molecule has 1 aliphatic rings. The fraction of sp³-hybridized carbons (Fsp3) is 0.125. The number of sulfonamides is 2. The molecule has 0 aliphatic carbocycles. The van der Waals surface area contributed by atoms with Crippen molar-refractivity contribution in [3.63, 3.8) is 0 Å². The smallest absolute Gasteiger partial charge is 0.244 e. The Morgan fingerprint density at radius 3 is 2.42 bits per heavy atom. The number of fused-ring (bicyclic) bond motifs is 1. The first-order valence-electron chi connectivity index (χ1n) is 4.28. The summed E-state index contributed by atoms with van der Waals surface area (Å²) in [6, 6.07) is 2.05. The van der Waals surface area contributed by atoms with Crippen molar-refractivity contribution in [1.29, 1.82) is 0 Å². The summed E-state index contributed by atoms with van der Waals surface area (Å²) in [6.07, 6.45) is 0. The zero-order valence-corrected chi connectivity index (χ0v) is 14.0. The molecule has 1 aromatic carbocycles. The molecule has 7 nitrogen and oxygen atoms in total. The van der Waals surface area contributed by atoms with Gasteiger partial charge >= 0.3 is 0 Å². The first kappa shape index (κ1) is 19.0. The Morgan fingerprint density at radius 1 is 1.32 bits per heavy atom. The fourth-order valence-corrected chi connectivity index (χ4v) is 3.65. The van der Waals surface area contributed by atoms with Crippen LogP contribution in [0.25, 0.3) is 5.14 Å². The van der Waals surface area contributed by atoms with Crippen LogP contribution >= 0.6 is 11.6 Å². The topological polar surface area (TPSA) is 116 Å². The molecule has 0 amide bonds. The molecule has 0 saturated heterocycles. The van der Waals surface area contributed by atoms with E-state index >= 15 is 0 Å². The van der Waals surface area contributed by atoms with Crippen molar-refractivity contribution in [3.8, 4) is 0 Å². The third-order valence-electron chi connectivity index (χ3n) is 2.15. The first-order valence-corrected chi connectivity index (χ1v) is 7.63. The molecular weight excluding hydrogens is 347 g/mol. The van der Waals surface area contributed by atoms with Crippen LogP contribution in [-0.4, -0.2) is 23.5 Å². The van der Waals surface area contributed by atoms with Gasteiger partial charge in [-0.05, 0) is 12.1 Å². The molecule has 3 N–H and O–H groups in total. The molecule has 2 rings (SSSR count). The van der Waals surface area contributed by atoms with E-state index in [1.54, 1.807) is 0 Å². The van der Waals surface area contributed by atoms with E-state index in [1.807, 2.05) is 0 Å². The van der Waals surface area contributed by atoms with Gasteiger partial charge in [-0.3, -0.25) is 0 Å².